The molecule has 1 aromatic heterocycles. The molecule has 80 valence electrons. The number of ether oxygens (including phenoxy) is 1. The largest absolute Gasteiger partial charge is 1.00 e. The van der Waals surface area contributed by atoms with Crippen LogP contribution in [0.1, 0.15) is 23.0 Å². The van der Waals surface area contributed by atoms with E-state index in [9.17, 15) is 4.79 Å². The van der Waals surface area contributed by atoms with E-state index in [1.165, 1.54) is 0 Å². The van der Waals surface area contributed by atoms with Crippen molar-refractivity contribution < 1.29 is 38.2 Å². The van der Waals surface area contributed by atoms with Crippen LogP contribution in [-0.4, -0.2) is 17.3 Å². The summed E-state index contributed by atoms with van der Waals surface area (Å²) in [6.07, 6.45) is 1.77. The third-order valence-corrected chi connectivity index (χ3v) is 2.16. The lowest BCUT2D eigenvalue weighted by atomic mass is 10.3. The van der Waals surface area contributed by atoms with Gasteiger partial charge in [-0.3, -0.25) is 0 Å². The topological polar surface area (TPSA) is 35.1 Å². The highest BCUT2D eigenvalue weighted by Gasteiger charge is 2.19. The van der Waals surface area contributed by atoms with E-state index < -0.39 is 0 Å². The minimum atomic E-state index is -0.254. The van der Waals surface area contributed by atoms with Crippen molar-refractivity contribution in [2.75, 3.05) is 6.61 Å². The van der Waals surface area contributed by atoms with E-state index in [0.717, 1.165) is 5.69 Å². The van der Waals surface area contributed by atoms with Crippen LogP contribution in [0.2, 0.25) is 0 Å². The number of aryl methyl sites for hydroxylation is 1. The molecule has 0 saturated carbocycles. The Labute approximate surface area is 101 Å². The third kappa shape index (κ3) is 2.46. The Morgan fingerprint density at radius 1 is 1.64 bits per heavy atom. The van der Waals surface area contributed by atoms with Gasteiger partial charge in [0, 0.05) is 0 Å². The second-order valence-electron chi connectivity index (χ2n) is 2.95. The van der Waals surface area contributed by atoms with Gasteiger partial charge in [-0.1, -0.05) is 0 Å². The quantitative estimate of drug-likeness (QED) is 0.340. The molecule has 1 heterocycles. The first-order chi connectivity index (χ1) is 6.07. The van der Waals surface area contributed by atoms with Crippen LogP contribution in [0.3, 0.4) is 0 Å². The normalized spacial score (nSPS) is 9.43. The molecule has 0 spiro atoms. The molecule has 0 unspecified atom stereocenters. The van der Waals surface area contributed by atoms with E-state index in [1.807, 2.05) is 30.4 Å². The van der Waals surface area contributed by atoms with Crippen molar-refractivity contribution >= 4 is 5.97 Å². The van der Waals surface area contributed by atoms with Gasteiger partial charge in [-0.15, -0.1) is 4.68 Å². The van der Waals surface area contributed by atoms with Crippen molar-refractivity contribution in [2.24, 2.45) is 14.1 Å². The maximum atomic E-state index is 11.4. The Morgan fingerprint density at radius 3 is 2.57 bits per heavy atom. The lowest BCUT2D eigenvalue weighted by Crippen LogP contribution is -3.00. The molecule has 0 fully saturated rings. The highest BCUT2D eigenvalue weighted by atomic mass is 127. The Morgan fingerprint density at radius 2 is 2.21 bits per heavy atom. The van der Waals surface area contributed by atoms with Gasteiger partial charge in [0.2, 0.25) is 6.20 Å². The van der Waals surface area contributed by atoms with Gasteiger partial charge in [-0.05, 0) is 13.8 Å². The van der Waals surface area contributed by atoms with Gasteiger partial charge in [0.1, 0.15) is 0 Å². The van der Waals surface area contributed by atoms with E-state index >= 15 is 0 Å². The number of carbonyl (C=O) groups excluding carboxylic acids is 1. The first-order valence-corrected chi connectivity index (χ1v) is 4.27. The smallest absolute Gasteiger partial charge is 0.346 e. The minimum absolute atomic E-state index is 0. The fraction of sp³-hybridized carbons (Fsp3) is 0.556. The lowest BCUT2D eigenvalue weighted by molar-refractivity contribution is -0.751. The van der Waals surface area contributed by atoms with E-state index in [2.05, 4.69) is 0 Å². The highest BCUT2D eigenvalue weighted by molar-refractivity contribution is 5.89. The van der Waals surface area contributed by atoms with E-state index in [4.69, 9.17) is 4.74 Å². The average molecular weight is 310 g/mol. The predicted octanol–water partition coefficient (Wildman–Crippen LogP) is -2.66. The first-order valence-electron chi connectivity index (χ1n) is 4.27. The molecule has 0 aliphatic rings. The first kappa shape index (κ1) is 13.4. The van der Waals surface area contributed by atoms with Gasteiger partial charge in [-0.25, -0.2) is 4.79 Å². The molecule has 0 radical (unpaired) electrons. The Bertz CT molecular complexity index is 334. The number of hydrogen-bond donors (Lipinski definition) is 0. The van der Waals surface area contributed by atoms with Crippen molar-refractivity contribution in [3.05, 3.63) is 17.5 Å². The molecule has 0 aliphatic heterocycles. The van der Waals surface area contributed by atoms with E-state index in [1.54, 1.807) is 13.1 Å². The standard InChI is InChI=1S/C9H15N2O2.HI/c1-5-13-9(12)8-6-10(3)11(4)7(8)2;/h6H,5H2,1-4H3;1H/q+1;/p-1. The summed E-state index contributed by atoms with van der Waals surface area (Å²) in [5.41, 5.74) is 1.55. The summed E-state index contributed by atoms with van der Waals surface area (Å²) in [7, 11) is 3.79. The highest BCUT2D eigenvalue weighted by Crippen LogP contribution is 2.05. The number of hydrogen-bond acceptors (Lipinski definition) is 2. The summed E-state index contributed by atoms with van der Waals surface area (Å²) in [5.74, 6) is -0.254. The molecular weight excluding hydrogens is 295 g/mol. The molecule has 5 heteroatoms. The van der Waals surface area contributed by atoms with Gasteiger partial charge in [-0.2, -0.15) is 4.68 Å². The zero-order valence-corrected chi connectivity index (χ0v) is 11.0. The van der Waals surface area contributed by atoms with Gasteiger partial charge in [0.25, 0.3) is 0 Å². The Hall–Kier alpha value is -0.590. The summed E-state index contributed by atoms with van der Waals surface area (Å²) in [4.78, 5) is 11.4. The number of esters is 1. The predicted molar refractivity (Wildman–Crippen MR) is 47.3 cm³/mol. The number of halogens is 1. The molecule has 0 bridgehead atoms. The fourth-order valence-electron chi connectivity index (χ4n) is 1.19. The zero-order chi connectivity index (χ0) is 10.0. The monoisotopic (exact) mass is 310 g/mol. The summed E-state index contributed by atoms with van der Waals surface area (Å²) < 4.78 is 8.66. The Kier molecular flexibility index (Phi) is 5.11. The number of nitrogens with zero attached hydrogens (tertiary/aromatic N) is 2. The van der Waals surface area contributed by atoms with Crippen LogP contribution in [0.5, 0.6) is 0 Å². The second kappa shape index (κ2) is 5.33. The average Bonchev–Trinajstić information content (AvgIpc) is 2.33. The van der Waals surface area contributed by atoms with E-state index in [0.29, 0.717) is 12.2 Å². The molecule has 0 saturated heterocycles. The number of aromatic nitrogens is 2. The molecule has 0 atom stereocenters. The van der Waals surface area contributed by atoms with Crippen LogP contribution in [0.25, 0.3) is 0 Å². The van der Waals surface area contributed by atoms with Crippen LogP contribution in [0.4, 0.5) is 0 Å². The van der Waals surface area contributed by atoms with Crippen molar-refractivity contribution in [3.8, 4) is 0 Å². The van der Waals surface area contributed by atoms with Gasteiger partial charge < -0.3 is 28.7 Å². The Balaban J connectivity index is 0.00000169. The van der Waals surface area contributed by atoms with Gasteiger partial charge >= 0.3 is 5.97 Å². The minimum Gasteiger partial charge on any atom is -1.00 e. The van der Waals surface area contributed by atoms with Crippen molar-refractivity contribution in [1.82, 2.24) is 4.68 Å². The molecule has 1 aromatic rings. The van der Waals surface area contributed by atoms with Gasteiger partial charge in [0.05, 0.1) is 19.3 Å². The SMILES string of the molecule is CCOC(=O)c1c[n+](C)n(C)c1C.[I-]. The third-order valence-electron chi connectivity index (χ3n) is 2.16. The molecule has 4 nitrogen and oxygen atoms in total. The van der Waals surface area contributed by atoms with Crippen LogP contribution in [0, 0.1) is 6.92 Å². The molecule has 0 aliphatic carbocycles. The van der Waals surface area contributed by atoms with Crippen molar-refractivity contribution in [1.29, 1.82) is 0 Å². The van der Waals surface area contributed by atoms with Crippen LogP contribution >= 0.6 is 0 Å². The molecule has 0 aromatic carbocycles. The van der Waals surface area contributed by atoms with Crippen LogP contribution < -0.4 is 28.7 Å². The van der Waals surface area contributed by atoms with Crippen LogP contribution in [-0.2, 0) is 18.8 Å². The summed E-state index contributed by atoms with van der Waals surface area (Å²) in [6.45, 7) is 4.11. The molecule has 14 heavy (non-hydrogen) atoms. The van der Waals surface area contributed by atoms with Crippen LogP contribution in [0.15, 0.2) is 6.20 Å². The number of rotatable bonds is 2. The summed E-state index contributed by atoms with van der Waals surface area (Å²) in [5, 5.41) is 0. The summed E-state index contributed by atoms with van der Waals surface area (Å²) in [6, 6.07) is 0. The second-order valence-corrected chi connectivity index (χ2v) is 2.95. The molecule has 0 N–H and O–H groups in total. The molecule has 0 amide bonds. The van der Waals surface area contributed by atoms with E-state index in [-0.39, 0.29) is 29.9 Å². The fourth-order valence-corrected chi connectivity index (χ4v) is 1.19. The molecular formula is C9H15IN2O2. The van der Waals surface area contributed by atoms with Gasteiger partial charge in [0.15, 0.2) is 12.6 Å². The maximum absolute atomic E-state index is 11.4. The lowest BCUT2D eigenvalue weighted by Gasteiger charge is -1.97. The summed E-state index contributed by atoms with van der Waals surface area (Å²) >= 11 is 0. The zero-order valence-electron chi connectivity index (χ0n) is 8.87. The number of carbonyl (C=O) groups is 1. The van der Waals surface area contributed by atoms with Crippen molar-refractivity contribution in [2.45, 2.75) is 13.8 Å². The maximum Gasteiger partial charge on any atom is 0.346 e. The van der Waals surface area contributed by atoms with Crippen molar-refractivity contribution in [3.63, 3.8) is 0 Å². The molecule has 1 rings (SSSR count).